The molecule has 0 bridgehead atoms. The molecule has 3 N–H and O–H groups in total. The normalized spacial score (nSPS) is 47.3. The molecule has 2 fully saturated rings. The molecule has 2 aliphatic rings. The zero-order valence-corrected chi connectivity index (χ0v) is 11.2. The molecule has 0 aromatic rings. The molecule has 4 unspecified atom stereocenters. The summed E-state index contributed by atoms with van der Waals surface area (Å²) in [7, 11) is 0. The average Bonchev–Trinajstić information content (AvgIpc) is 2.71. The fourth-order valence-electron chi connectivity index (χ4n) is 4.02. The molecule has 3 heteroatoms. The van der Waals surface area contributed by atoms with Crippen molar-refractivity contribution in [2.45, 2.75) is 64.1 Å². The highest BCUT2D eigenvalue weighted by molar-refractivity contribution is 5.07. The van der Waals surface area contributed by atoms with Gasteiger partial charge in [-0.15, -0.1) is 0 Å². The number of ether oxygens (including phenoxy) is 1. The minimum Gasteiger partial charge on any atom is -0.386 e. The Labute approximate surface area is 105 Å². The lowest BCUT2D eigenvalue weighted by molar-refractivity contribution is -0.139. The molecule has 0 aromatic heterocycles. The third-order valence-electron chi connectivity index (χ3n) is 5.36. The largest absolute Gasteiger partial charge is 0.386 e. The summed E-state index contributed by atoms with van der Waals surface area (Å²) in [5, 5.41) is 11.0. The number of hydrogen-bond acceptors (Lipinski definition) is 3. The summed E-state index contributed by atoms with van der Waals surface area (Å²) in [6.07, 6.45) is 6.51. The smallest absolute Gasteiger partial charge is 0.0995 e. The van der Waals surface area contributed by atoms with Crippen LogP contribution in [-0.2, 0) is 4.74 Å². The van der Waals surface area contributed by atoms with Crippen LogP contribution in [0.1, 0.15) is 52.4 Å². The molecule has 100 valence electrons. The maximum Gasteiger partial charge on any atom is 0.0995 e. The van der Waals surface area contributed by atoms with Gasteiger partial charge in [0.15, 0.2) is 0 Å². The van der Waals surface area contributed by atoms with E-state index >= 15 is 0 Å². The first-order valence-electron chi connectivity index (χ1n) is 7.12. The third-order valence-corrected chi connectivity index (χ3v) is 5.36. The molecule has 17 heavy (non-hydrogen) atoms. The first-order chi connectivity index (χ1) is 8.08. The van der Waals surface area contributed by atoms with E-state index in [1.165, 1.54) is 19.3 Å². The number of nitrogens with two attached hydrogens (primary N) is 1. The van der Waals surface area contributed by atoms with Gasteiger partial charge in [-0.3, -0.25) is 0 Å². The molecular weight excluding hydrogens is 214 g/mol. The van der Waals surface area contributed by atoms with Gasteiger partial charge in [-0.2, -0.15) is 0 Å². The number of aliphatic hydroxyl groups is 1. The number of rotatable bonds is 3. The van der Waals surface area contributed by atoms with Crippen molar-refractivity contribution in [1.82, 2.24) is 0 Å². The summed E-state index contributed by atoms with van der Waals surface area (Å²) in [5.41, 5.74) is 5.26. The van der Waals surface area contributed by atoms with Crippen LogP contribution in [0.3, 0.4) is 0 Å². The molecule has 1 aliphatic heterocycles. The van der Waals surface area contributed by atoms with Gasteiger partial charge in [0, 0.05) is 25.0 Å². The van der Waals surface area contributed by atoms with Crippen LogP contribution in [0.15, 0.2) is 0 Å². The van der Waals surface area contributed by atoms with Gasteiger partial charge in [-0.05, 0) is 25.7 Å². The van der Waals surface area contributed by atoms with E-state index in [1.807, 2.05) is 6.92 Å². The van der Waals surface area contributed by atoms with Gasteiger partial charge in [-0.1, -0.05) is 26.2 Å². The van der Waals surface area contributed by atoms with Crippen LogP contribution < -0.4 is 5.73 Å². The van der Waals surface area contributed by atoms with E-state index in [4.69, 9.17) is 10.5 Å². The van der Waals surface area contributed by atoms with Gasteiger partial charge in [-0.25, -0.2) is 0 Å². The van der Waals surface area contributed by atoms with Crippen LogP contribution in [-0.4, -0.2) is 30.0 Å². The van der Waals surface area contributed by atoms with Crippen molar-refractivity contribution in [3.05, 3.63) is 0 Å². The SMILES string of the molecule is CCC1CCCC(CN)(C2(O)CCOC2C)C1. The van der Waals surface area contributed by atoms with E-state index in [2.05, 4.69) is 6.92 Å². The predicted molar refractivity (Wildman–Crippen MR) is 68.7 cm³/mol. The Morgan fingerprint density at radius 2 is 2.18 bits per heavy atom. The second kappa shape index (κ2) is 4.87. The summed E-state index contributed by atoms with van der Waals surface area (Å²) in [4.78, 5) is 0. The first-order valence-corrected chi connectivity index (χ1v) is 7.12. The van der Waals surface area contributed by atoms with Gasteiger partial charge in [0.2, 0.25) is 0 Å². The van der Waals surface area contributed by atoms with Crippen molar-refractivity contribution in [2.24, 2.45) is 17.1 Å². The molecule has 0 radical (unpaired) electrons. The van der Waals surface area contributed by atoms with Crippen LogP contribution in [0.2, 0.25) is 0 Å². The Kier molecular flexibility index (Phi) is 3.81. The second-order valence-electron chi connectivity index (χ2n) is 6.04. The van der Waals surface area contributed by atoms with Gasteiger partial charge in [0.25, 0.3) is 0 Å². The molecule has 4 atom stereocenters. The van der Waals surface area contributed by atoms with Crippen molar-refractivity contribution >= 4 is 0 Å². The highest BCUT2D eigenvalue weighted by Gasteiger charge is 2.56. The molecule has 0 spiro atoms. The summed E-state index contributed by atoms with van der Waals surface area (Å²) in [6.45, 7) is 5.51. The topological polar surface area (TPSA) is 55.5 Å². The van der Waals surface area contributed by atoms with Gasteiger partial charge < -0.3 is 15.6 Å². The fourth-order valence-corrected chi connectivity index (χ4v) is 4.02. The quantitative estimate of drug-likeness (QED) is 0.795. The average molecular weight is 241 g/mol. The van der Waals surface area contributed by atoms with Crippen LogP contribution >= 0.6 is 0 Å². The Bertz CT molecular complexity index is 271. The first kappa shape index (κ1) is 13.3. The Morgan fingerprint density at radius 1 is 1.41 bits per heavy atom. The Hall–Kier alpha value is -0.120. The molecule has 2 rings (SSSR count). The Balaban J connectivity index is 2.23. The fraction of sp³-hybridized carbons (Fsp3) is 1.00. The van der Waals surface area contributed by atoms with E-state index in [0.29, 0.717) is 13.2 Å². The van der Waals surface area contributed by atoms with Crippen LogP contribution in [0.4, 0.5) is 0 Å². The molecule has 0 amide bonds. The third kappa shape index (κ3) is 2.02. The van der Waals surface area contributed by atoms with E-state index in [1.54, 1.807) is 0 Å². The molecule has 1 saturated carbocycles. The summed E-state index contributed by atoms with van der Waals surface area (Å²) >= 11 is 0. The van der Waals surface area contributed by atoms with Crippen molar-refractivity contribution in [3.8, 4) is 0 Å². The van der Waals surface area contributed by atoms with Crippen molar-refractivity contribution < 1.29 is 9.84 Å². The number of hydrogen-bond donors (Lipinski definition) is 2. The van der Waals surface area contributed by atoms with E-state index in [-0.39, 0.29) is 11.5 Å². The minimum absolute atomic E-state index is 0.0679. The highest BCUT2D eigenvalue weighted by Crippen LogP contribution is 2.52. The van der Waals surface area contributed by atoms with E-state index in [9.17, 15) is 5.11 Å². The lowest BCUT2D eigenvalue weighted by atomic mass is 9.58. The summed E-state index contributed by atoms with van der Waals surface area (Å²) in [6, 6.07) is 0. The van der Waals surface area contributed by atoms with Crippen molar-refractivity contribution in [2.75, 3.05) is 13.2 Å². The predicted octanol–water partition coefficient (Wildman–Crippen LogP) is 2.07. The van der Waals surface area contributed by atoms with Crippen molar-refractivity contribution in [3.63, 3.8) is 0 Å². The van der Waals surface area contributed by atoms with E-state index in [0.717, 1.165) is 25.2 Å². The molecule has 3 nitrogen and oxygen atoms in total. The minimum atomic E-state index is -0.699. The van der Waals surface area contributed by atoms with Crippen molar-refractivity contribution in [1.29, 1.82) is 0 Å². The highest BCUT2D eigenvalue weighted by atomic mass is 16.5. The molecular formula is C14H27NO2. The maximum absolute atomic E-state index is 11.0. The molecule has 1 aliphatic carbocycles. The van der Waals surface area contributed by atoms with Crippen LogP contribution in [0, 0.1) is 11.3 Å². The van der Waals surface area contributed by atoms with Crippen LogP contribution in [0.25, 0.3) is 0 Å². The van der Waals surface area contributed by atoms with Crippen LogP contribution in [0.5, 0.6) is 0 Å². The Morgan fingerprint density at radius 3 is 2.71 bits per heavy atom. The second-order valence-corrected chi connectivity index (χ2v) is 6.04. The molecule has 1 saturated heterocycles. The van der Waals surface area contributed by atoms with Gasteiger partial charge in [0.05, 0.1) is 11.7 Å². The monoisotopic (exact) mass is 241 g/mol. The van der Waals surface area contributed by atoms with Gasteiger partial charge in [0.1, 0.15) is 0 Å². The zero-order chi connectivity index (χ0) is 12.5. The zero-order valence-electron chi connectivity index (χ0n) is 11.2. The lowest BCUT2D eigenvalue weighted by Gasteiger charge is -2.50. The molecule has 1 heterocycles. The summed E-state index contributed by atoms with van der Waals surface area (Å²) < 4.78 is 5.61. The van der Waals surface area contributed by atoms with E-state index < -0.39 is 5.60 Å². The lowest BCUT2D eigenvalue weighted by Crippen LogP contribution is -2.58. The maximum atomic E-state index is 11.0. The standard InChI is InChI=1S/C14H27NO2/c1-3-12-5-4-6-13(9-12,10-15)14(16)7-8-17-11(14)2/h11-12,16H,3-10,15H2,1-2H3. The summed E-state index contributed by atoms with van der Waals surface area (Å²) in [5.74, 6) is 0.726. The molecule has 0 aromatic carbocycles. The van der Waals surface area contributed by atoms with Gasteiger partial charge >= 0.3 is 0 Å².